The van der Waals surface area contributed by atoms with Gasteiger partial charge in [-0.05, 0) is 31.1 Å². The first-order valence-electron chi connectivity index (χ1n) is 5.54. The minimum absolute atomic E-state index is 0.0411. The van der Waals surface area contributed by atoms with Gasteiger partial charge in [0.15, 0.2) is 0 Å². The van der Waals surface area contributed by atoms with E-state index in [1.165, 1.54) is 44.9 Å². The summed E-state index contributed by atoms with van der Waals surface area (Å²) < 4.78 is 0. The first kappa shape index (κ1) is 8.55. The molecule has 0 aromatic heterocycles. The Morgan fingerprint density at radius 1 is 0.917 bits per heavy atom. The van der Waals surface area contributed by atoms with E-state index in [1.807, 2.05) is 0 Å². The lowest BCUT2D eigenvalue weighted by atomic mass is 9.74. The van der Waals surface area contributed by atoms with Gasteiger partial charge < -0.3 is 5.11 Å². The maximum absolute atomic E-state index is 9.74. The predicted molar refractivity (Wildman–Crippen MR) is 49.9 cm³/mol. The maximum atomic E-state index is 9.74. The Kier molecular flexibility index (Phi) is 2.69. The van der Waals surface area contributed by atoms with Crippen molar-refractivity contribution in [3.05, 3.63) is 0 Å². The van der Waals surface area contributed by atoms with Crippen LogP contribution < -0.4 is 0 Å². The molecule has 0 radical (unpaired) electrons. The Hall–Kier alpha value is -0.0400. The highest BCUT2D eigenvalue weighted by atomic mass is 16.3. The molecule has 0 bridgehead atoms. The average Bonchev–Trinajstić information content (AvgIpc) is 2.00. The van der Waals surface area contributed by atoms with E-state index in [0.717, 1.165) is 12.3 Å². The summed E-state index contributed by atoms with van der Waals surface area (Å²) in [5.74, 6) is 1.63. The van der Waals surface area contributed by atoms with E-state index in [-0.39, 0.29) is 6.10 Å². The minimum Gasteiger partial charge on any atom is -0.393 e. The fourth-order valence-corrected chi connectivity index (χ4v) is 2.62. The Morgan fingerprint density at radius 2 is 1.67 bits per heavy atom. The summed E-state index contributed by atoms with van der Waals surface area (Å²) in [5, 5.41) is 9.74. The number of rotatable bonds is 2. The Balaban J connectivity index is 1.76. The van der Waals surface area contributed by atoms with Gasteiger partial charge in [0.05, 0.1) is 6.10 Å². The number of aliphatic hydroxyl groups excluding tert-OH is 1. The third-order valence-corrected chi connectivity index (χ3v) is 3.73. The number of aliphatic hydroxyl groups is 1. The molecule has 0 aliphatic heterocycles. The topological polar surface area (TPSA) is 20.2 Å². The zero-order valence-corrected chi connectivity index (χ0v) is 7.84. The van der Waals surface area contributed by atoms with Gasteiger partial charge in [-0.15, -0.1) is 0 Å². The van der Waals surface area contributed by atoms with Gasteiger partial charge in [0, 0.05) is 0 Å². The largest absolute Gasteiger partial charge is 0.393 e. The molecule has 2 aliphatic carbocycles. The third kappa shape index (κ3) is 1.82. The van der Waals surface area contributed by atoms with Gasteiger partial charge in [-0.2, -0.15) is 0 Å². The molecule has 0 aromatic carbocycles. The molecular formula is C11H20O. The third-order valence-electron chi connectivity index (χ3n) is 3.73. The van der Waals surface area contributed by atoms with Crippen molar-refractivity contribution in [3.8, 4) is 0 Å². The van der Waals surface area contributed by atoms with Gasteiger partial charge in [-0.25, -0.2) is 0 Å². The lowest BCUT2D eigenvalue weighted by molar-refractivity contribution is 0.0473. The van der Waals surface area contributed by atoms with Crippen molar-refractivity contribution in [2.24, 2.45) is 11.8 Å². The minimum atomic E-state index is 0.0411. The molecule has 0 aromatic rings. The van der Waals surface area contributed by atoms with Gasteiger partial charge in [0.2, 0.25) is 0 Å². The van der Waals surface area contributed by atoms with Crippen LogP contribution >= 0.6 is 0 Å². The first-order chi connectivity index (χ1) is 5.86. The summed E-state index contributed by atoms with van der Waals surface area (Å²) >= 11 is 0. The summed E-state index contributed by atoms with van der Waals surface area (Å²) in [7, 11) is 0. The first-order valence-corrected chi connectivity index (χ1v) is 5.54. The van der Waals surface area contributed by atoms with Crippen LogP contribution in [0.15, 0.2) is 0 Å². The van der Waals surface area contributed by atoms with Gasteiger partial charge in [0.1, 0.15) is 0 Å². The monoisotopic (exact) mass is 168 g/mol. The molecule has 2 fully saturated rings. The van der Waals surface area contributed by atoms with Crippen molar-refractivity contribution in [1.82, 2.24) is 0 Å². The van der Waals surface area contributed by atoms with Crippen LogP contribution in [-0.4, -0.2) is 11.2 Å². The van der Waals surface area contributed by atoms with E-state index in [2.05, 4.69) is 0 Å². The highest BCUT2D eigenvalue weighted by molar-refractivity contribution is 4.80. The zero-order valence-electron chi connectivity index (χ0n) is 7.84. The van der Waals surface area contributed by atoms with E-state index < -0.39 is 0 Å². The molecule has 1 nitrogen and oxygen atoms in total. The molecule has 70 valence electrons. The second kappa shape index (κ2) is 3.78. The number of hydrogen-bond donors (Lipinski definition) is 1. The second-order valence-corrected chi connectivity index (χ2v) is 4.64. The highest BCUT2D eigenvalue weighted by Crippen LogP contribution is 2.37. The SMILES string of the molecule is O[C@@H]1CCCC[C@H]1CC1CCC1. The van der Waals surface area contributed by atoms with Gasteiger partial charge in [-0.3, -0.25) is 0 Å². The summed E-state index contributed by atoms with van der Waals surface area (Å²) in [4.78, 5) is 0. The molecule has 0 heterocycles. The maximum Gasteiger partial charge on any atom is 0.0568 e. The van der Waals surface area contributed by atoms with Crippen LogP contribution in [0.25, 0.3) is 0 Å². The predicted octanol–water partition coefficient (Wildman–Crippen LogP) is 2.73. The van der Waals surface area contributed by atoms with E-state index in [4.69, 9.17) is 0 Å². The standard InChI is InChI=1S/C11H20O/c12-11-7-2-1-6-10(11)8-9-4-3-5-9/h9-12H,1-8H2/t10-,11+/m0/s1. The summed E-state index contributed by atoms with van der Waals surface area (Å²) in [6.45, 7) is 0. The molecule has 0 saturated heterocycles. The van der Waals surface area contributed by atoms with E-state index >= 15 is 0 Å². The molecule has 0 unspecified atom stereocenters. The van der Waals surface area contributed by atoms with Crippen molar-refractivity contribution in [3.63, 3.8) is 0 Å². The van der Waals surface area contributed by atoms with E-state index in [9.17, 15) is 5.11 Å². The van der Waals surface area contributed by atoms with Crippen molar-refractivity contribution < 1.29 is 5.11 Å². The van der Waals surface area contributed by atoms with Crippen LogP contribution in [0.1, 0.15) is 51.4 Å². The molecule has 2 rings (SSSR count). The summed E-state index contributed by atoms with van der Waals surface area (Å²) in [5.41, 5.74) is 0. The zero-order chi connectivity index (χ0) is 8.39. The summed E-state index contributed by atoms with van der Waals surface area (Å²) in [6.07, 6.45) is 10.6. The lowest BCUT2D eigenvalue weighted by Crippen LogP contribution is -2.28. The molecule has 12 heavy (non-hydrogen) atoms. The van der Waals surface area contributed by atoms with Crippen LogP contribution in [0.2, 0.25) is 0 Å². The smallest absolute Gasteiger partial charge is 0.0568 e. The molecule has 0 amide bonds. The Labute approximate surface area is 75.2 Å². The van der Waals surface area contributed by atoms with Crippen LogP contribution in [0.4, 0.5) is 0 Å². The highest BCUT2D eigenvalue weighted by Gasteiger charge is 2.28. The molecule has 1 N–H and O–H groups in total. The normalized spacial score (nSPS) is 37.8. The van der Waals surface area contributed by atoms with Gasteiger partial charge in [0.25, 0.3) is 0 Å². The van der Waals surface area contributed by atoms with Crippen LogP contribution in [-0.2, 0) is 0 Å². The lowest BCUT2D eigenvalue weighted by Gasteiger charge is -2.34. The van der Waals surface area contributed by atoms with Gasteiger partial charge in [-0.1, -0.05) is 32.1 Å². The fraction of sp³-hybridized carbons (Fsp3) is 1.00. The Bertz CT molecular complexity index is 140. The molecule has 1 heteroatoms. The molecule has 2 atom stereocenters. The van der Waals surface area contributed by atoms with Crippen molar-refractivity contribution in [2.45, 2.75) is 57.5 Å². The second-order valence-electron chi connectivity index (χ2n) is 4.64. The van der Waals surface area contributed by atoms with E-state index in [1.54, 1.807) is 0 Å². The molecule has 2 saturated carbocycles. The van der Waals surface area contributed by atoms with Crippen LogP contribution in [0.3, 0.4) is 0 Å². The summed E-state index contributed by atoms with van der Waals surface area (Å²) in [6, 6.07) is 0. The van der Waals surface area contributed by atoms with E-state index in [0.29, 0.717) is 5.92 Å². The average molecular weight is 168 g/mol. The fourth-order valence-electron chi connectivity index (χ4n) is 2.62. The number of hydrogen-bond acceptors (Lipinski definition) is 1. The van der Waals surface area contributed by atoms with Gasteiger partial charge >= 0.3 is 0 Å². The van der Waals surface area contributed by atoms with Crippen LogP contribution in [0, 0.1) is 11.8 Å². The Morgan fingerprint density at radius 3 is 2.25 bits per heavy atom. The van der Waals surface area contributed by atoms with Crippen molar-refractivity contribution >= 4 is 0 Å². The quantitative estimate of drug-likeness (QED) is 0.672. The van der Waals surface area contributed by atoms with Crippen molar-refractivity contribution in [1.29, 1.82) is 0 Å². The van der Waals surface area contributed by atoms with Crippen LogP contribution in [0.5, 0.6) is 0 Å². The van der Waals surface area contributed by atoms with Crippen molar-refractivity contribution in [2.75, 3.05) is 0 Å². The molecule has 2 aliphatic rings. The molecular weight excluding hydrogens is 148 g/mol. The molecule has 0 spiro atoms.